The molecule has 0 aliphatic heterocycles. The van der Waals surface area contributed by atoms with Gasteiger partial charge in [0.25, 0.3) is 0 Å². The van der Waals surface area contributed by atoms with Crippen molar-refractivity contribution < 1.29 is 9.57 Å². The lowest BCUT2D eigenvalue weighted by molar-refractivity contribution is 0.0874. The molecule has 2 aromatic rings. The molecule has 4 nitrogen and oxygen atoms in total. The molecule has 3 N–H and O–H groups in total. The summed E-state index contributed by atoms with van der Waals surface area (Å²) in [5.74, 6) is 0.867. The molecule has 0 saturated carbocycles. The van der Waals surface area contributed by atoms with Gasteiger partial charge in [0, 0.05) is 12.6 Å². The second kappa shape index (κ2) is 8.42. The minimum Gasteiger partial charge on any atom is -0.489 e. The predicted octanol–water partition coefficient (Wildman–Crippen LogP) is 2.29. The van der Waals surface area contributed by atoms with Crippen LogP contribution in [0.4, 0.5) is 0 Å². The lowest BCUT2D eigenvalue weighted by Crippen LogP contribution is -2.35. The van der Waals surface area contributed by atoms with E-state index in [1.807, 2.05) is 42.5 Å². The van der Waals surface area contributed by atoms with E-state index in [9.17, 15) is 0 Å². The van der Waals surface area contributed by atoms with Crippen molar-refractivity contribution in [3.8, 4) is 5.75 Å². The molecule has 0 aliphatic carbocycles. The Morgan fingerprint density at radius 3 is 2.38 bits per heavy atom. The first-order valence-corrected chi connectivity index (χ1v) is 7.05. The molecule has 1 atom stereocenters. The molecule has 0 spiro atoms. The smallest absolute Gasteiger partial charge is 0.119 e. The average molecular weight is 286 g/mol. The van der Waals surface area contributed by atoms with Gasteiger partial charge >= 0.3 is 0 Å². The summed E-state index contributed by atoms with van der Waals surface area (Å²) in [6.07, 6.45) is 0.801. The average Bonchev–Trinajstić information content (AvgIpc) is 2.53. The Labute approximate surface area is 125 Å². The molecule has 0 unspecified atom stereocenters. The summed E-state index contributed by atoms with van der Waals surface area (Å²) in [5, 5.41) is 0. The zero-order valence-electron chi connectivity index (χ0n) is 12.3. The maximum absolute atomic E-state index is 5.99. The topological polar surface area (TPSA) is 56.5 Å². The lowest BCUT2D eigenvalue weighted by atomic mass is 10.1. The molecule has 112 valence electrons. The van der Waals surface area contributed by atoms with Crippen molar-refractivity contribution in [1.82, 2.24) is 5.48 Å². The number of ether oxygens (including phenoxy) is 1. The van der Waals surface area contributed by atoms with E-state index in [0.29, 0.717) is 13.2 Å². The molecule has 21 heavy (non-hydrogen) atoms. The predicted molar refractivity (Wildman–Crippen MR) is 83.9 cm³/mol. The molecule has 0 bridgehead atoms. The highest BCUT2D eigenvalue weighted by molar-refractivity contribution is 5.28. The van der Waals surface area contributed by atoms with E-state index >= 15 is 0 Å². The van der Waals surface area contributed by atoms with Gasteiger partial charge in [0.1, 0.15) is 12.4 Å². The second-order valence-electron chi connectivity index (χ2n) is 4.94. The molecule has 0 aliphatic rings. The highest BCUT2D eigenvalue weighted by Crippen LogP contribution is 2.15. The fraction of sp³-hybridized carbons (Fsp3) is 0.294. The number of hydrogen-bond donors (Lipinski definition) is 2. The fourth-order valence-corrected chi connectivity index (χ4v) is 2.03. The van der Waals surface area contributed by atoms with Crippen LogP contribution < -0.4 is 16.0 Å². The van der Waals surface area contributed by atoms with Gasteiger partial charge in [0.05, 0.1) is 7.11 Å². The number of hydroxylamine groups is 1. The maximum atomic E-state index is 5.99. The van der Waals surface area contributed by atoms with Crippen LogP contribution in [0.25, 0.3) is 0 Å². The molecular formula is C17H22N2O2. The standard InChI is InChI=1S/C17H22N2O2/c1-20-19-12-16(18)11-14-7-9-17(10-8-14)21-13-15-5-3-2-4-6-15/h2-10,16,19H,11-13,18H2,1H3/t16-/m0/s1. The first-order valence-electron chi connectivity index (χ1n) is 7.05. The molecule has 0 heterocycles. The second-order valence-corrected chi connectivity index (χ2v) is 4.94. The minimum absolute atomic E-state index is 0.0287. The Kier molecular flexibility index (Phi) is 6.22. The van der Waals surface area contributed by atoms with Crippen LogP contribution in [0.3, 0.4) is 0 Å². The van der Waals surface area contributed by atoms with Crippen molar-refractivity contribution in [3.05, 3.63) is 65.7 Å². The molecule has 0 saturated heterocycles. The van der Waals surface area contributed by atoms with Crippen molar-refractivity contribution in [2.75, 3.05) is 13.7 Å². The molecule has 0 amide bonds. The Morgan fingerprint density at radius 2 is 1.71 bits per heavy atom. The number of benzene rings is 2. The van der Waals surface area contributed by atoms with Crippen LogP contribution in [0, 0.1) is 0 Å². The Balaban J connectivity index is 1.81. The molecule has 0 aromatic heterocycles. The molecule has 2 aromatic carbocycles. The summed E-state index contributed by atoms with van der Waals surface area (Å²) in [4.78, 5) is 4.79. The van der Waals surface area contributed by atoms with Gasteiger partial charge in [0.15, 0.2) is 0 Å². The van der Waals surface area contributed by atoms with Gasteiger partial charge in [-0.15, -0.1) is 0 Å². The first-order chi connectivity index (χ1) is 10.3. The third kappa shape index (κ3) is 5.55. The van der Waals surface area contributed by atoms with E-state index in [-0.39, 0.29) is 6.04 Å². The Bertz CT molecular complexity index is 514. The summed E-state index contributed by atoms with van der Waals surface area (Å²) >= 11 is 0. The van der Waals surface area contributed by atoms with Crippen molar-refractivity contribution >= 4 is 0 Å². The van der Waals surface area contributed by atoms with E-state index in [1.54, 1.807) is 7.11 Å². The zero-order valence-corrected chi connectivity index (χ0v) is 12.3. The normalized spacial score (nSPS) is 12.1. The van der Waals surface area contributed by atoms with Gasteiger partial charge in [-0.1, -0.05) is 42.5 Å². The number of nitrogens with one attached hydrogen (secondary N) is 1. The third-order valence-electron chi connectivity index (χ3n) is 3.16. The van der Waals surface area contributed by atoms with Crippen LogP contribution in [0.2, 0.25) is 0 Å². The first kappa shape index (κ1) is 15.5. The maximum Gasteiger partial charge on any atom is 0.119 e. The molecule has 4 heteroatoms. The molecule has 2 rings (SSSR count). The third-order valence-corrected chi connectivity index (χ3v) is 3.16. The minimum atomic E-state index is 0.0287. The van der Waals surface area contributed by atoms with E-state index in [4.69, 9.17) is 15.3 Å². The van der Waals surface area contributed by atoms with Crippen LogP contribution in [-0.2, 0) is 17.9 Å². The zero-order chi connectivity index (χ0) is 14.9. The quantitative estimate of drug-likeness (QED) is 0.731. The van der Waals surface area contributed by atoms with Crippen molar-refractivity contribution in [2.24, 2.45) is 5.73 Å². The van der Waals surface area contributed by atoms with Crippen LogP contribution in [-0.4, -0.2) is 19.7 Å². The van der Waals surface area contributed by atoms with E-state index in [1.165, 1.54) is 5.56 Å². The van der Waals surface area contributed by atoms with Crippen LogP contribution >= 0.6 is 0 Å². The molecule has 0 radical (unpaired) electrons. The van der Waals surface area contributed by atoms with E-state index in [0.717, 1.165) is 17.7 Å². The Morgan fingerprint density at radius 1 is 1.00 bits per heavy atom. The fourth-order valence-electron chi connectivity index (χ4n) is 2.03. The summed E-state index contributed by atoms with van der Waals surface area (Å²) in [6, 6.07) is 18.2. The van der Waals surface area contributed by atoms with Gasteiger partial charge in [-0.3, -0.25) is 0 Å². The van der Waals surface area contributed by atoms with Gasteiger partial charge in [-0.2, -0.15) is 0 Å². The highest BCUT2D eigenvalue weighted by atomic mass is 16.6. The van der Waals surface area contributed by atoms with Gasteiger partial charge < -0.3 is 15.3 Å². The molecular weight excluding hydrogens is 264 g/mol. The summed E-state index contributed by atoms with van der Waals surface area (Å²) in [7, 11) is 1.59. The van der Waals surface area contributed by atoms with E-state index in [2.05, 4.69) is 17.6 Å². The van der Waals surface area contributed by atoms with E-state index < -0.39 is 0 Å². The summed E-state index contributed by atoms with van der Waals surface area (Å²) in [5.41, 5.74) is 11.1. The van der Waals surface area contributed by atoms with Crippen molar-refractivity contribution in [1.29, 1.82) is 0 Å². The number of rotatable bonds is 8. The summed E-state index contributed by atoms with van der Waals surface area (Å²) in [6.45, 7) is 1.21. The summed E-state index contributed by atoms with van der Waals surface area (Å²) < 4.78 is 5.75. The van der Waals surface area contributed by atoms with Crippen molar-refractivity contribution in [2.45, 2.75) is 19.1 Å². The number of nitrogens with two attached hydrogens (primary N) is 1. The van der Waals surface area contributed by atoms with Crippen LogP contribution in [0.5, 0.6) is 5.75 Å². The lowest BCUT2D eigenvalue weighted by Gasteiger charge is -2.12. The van der Waals surface area contributed by atoms with Crippen molar-refractivity contribution in [3.63, 3.8) is 0 Å². The van der Waals surface area contributed by atoms with Crippen LogP contribution in [0.15, 0.2) is 54.6 Å². The monoisotopic (exact) mass is 286 g/mol. The largest absolute Gasteiger partial charge is 0.489 e. The van der Waals surface area contributed by atoms with Crippen LogP contribution in [0.1, 0.15) is 11.1 Å². The highest BCUT2D eigenvalue weighted by Gasteiger charge is 2.04. The Hall–Kier alpha value is -1.88. The van der Waals surface area contributed by atoms with Gasteiger partial charge in [-0.25, -0.2) is 5.48 Å². The SMILES string of the molecule is CONC[C@@H](N)Cc1ccc(OCc2ccccc2)cc1. The van der Waals surface area contributed by atoms with Gasteiger partial charge in [-0.05, 0) is 29.7 Å². The molecule has 0 fully saturated rings. The number of hydrogen-bond acceptors (Lipinski definition) is 4. The van der Waals surface area contributed by atoms with Gasteiger partial charge in [0.2, 0.25) is 0 Å².